The smallest absolute Gasteiger partial charge is 0.277 e. The fourth-order valence-corrected chi connectivity index (χ4v) is 1.21. The summed E-state index contributed by atoms with van der Waals surface area (Å²) in [7, 11) is 3.42. The van der Waals surface area contributed by atoms with Gasteiger partial charge in [0.15, 0.2) is 6.73 Å². The topological polar surface area (TPSA) is 9.23 Å². The molecule has 80 valence electrons. The van der Waals surface area contributed by atoms with E-state index in [1.165, 1.54) is 12.8 Å². The lowest BCUT2D eigenvalue weighted by Gasteiger charge is -2.40. The molecule has 0 fully saturated rings. The summed E-state index contributed by atoms with van der Waals surface area (Å²) in [6.07, 6.45) is 2.41. The zero-order valence-corrected chi connectivity index (χ0v) is 11.2. The molecule has 0 aliphatic carbocycles. The second-order valence-corrected chi connectivity index (χ2v) is 10.8. The van der Waals surface area contributed by atoms with Crippen molar-refractivity contribution < 1.29 is 8.89 Å². The van der Waals surface area contributed by atoms with Gasteiger partial charge in [-0.2, -0.15) is 0 Å². The van der Waals surface area contributed by atoms with Gasteiger partial charge in [0.1, 0.15) is 0 Å². The predicted molar refractivity (Wildman–Crippen MR) is 61.2 cm³/mol. The number of ether oxygens (including phenoxy) is 1. The Morgan fingerprint density at radius 3 is 2.08 bits per heavy atom. The summed E-state index contributed by atoms with van der Waals surface area (Å²) in [4.78, 5) is 0. The van der Waals surface area contributed by atoms with Crippen molar-refractivity contribution in [1.82, 2.24) is 0 Å². The molecule has 0 radical (unpaired) electrons. The van der Waals surface area contributed by atoms with Crippen LogP contribution in [0.4, 0.5) is 0 Å². The van der Waals surface area contributed by atoms with Crippen molar-refractivity contribution in [3.63, 3.8) is 0 Å². The number of hydrogen-bond acceptors (Lipinski definition) is 1. The van der Waals surface area contributed by atoms with Crippen LogP contribution in [0.2, 0.25) is 19.6 Å². The molecule has 0 aliphatic rings. The number of nitrogens with zero attached hydrogens (tertiary/aromatic N) is 1. The quantitative estimate of drug-likeness (QED) is 0.367. The summed E-state index contributed by atoms with van der Waals surface area (Å²) in [5.74, 6) is 0. The van der Waals surface area contributed by atoms with Crippen LogP contribution >= 0.6 is 0 Å². The van der Waals surface area contributed by atoms with Crippen molar-refractivity contribution >= 4 is 8.24 Å². The van der Waals surface area contributed by atoms with Crippen LogP contribution in [-0.2, 0) is 4.74 Å². The lowest BCUT2D eigenvalue weighted by Crippen LogP contribution is -2.59. The summed E-state index contributed by atoms with van der Waals surface area (Å²) >= 11 is 0. The number of hydrogen-bond donors (Lipinski definition) is 0. The van der Waals surface area contributed by atoms with E-state index < -0.39 is 8.24 Å². The zero-order valence-electron chi connectivity index (χ0n) is 10.2. The minimum Gasteiger partial charge on any atom is -0.366 e. The third-order valence-corrected chi connectivity index (χ3v) is 6.63. The first kappa shape index (κ1) is 13.1. The van der Waals surface area contributed by atoms with Crippen LogP contribution in [0.1, 0.15) is 19.8 Å². The Labute approximate surface area is 84.6 Å². The van der Waals surface area contributed by atoms with Crippen molar-refractivity contribution in [3.8, 4) is 0 Å². The summed E-state index contributed by atoms with van der Waals surface area (Å²) in [6.45, 7) is 11.1. The number of unbranched alkanes of at least 4 members (excludes halogenated alkanes) is 1. The summed E-state index contributed by atoms with van der Waals surface area (Å²) in [5.41, 5.74) is 0. The van der Waals surface area contributed by atoms with E-state index in [0.29, 0.717) is 0 Å². The predicted octanol–water partition coefficient (Wildman–Crippen LogP) is 2.67. The summed E-state index contributed by atoms with van der Waals surface area (Å²) in [5, 5.41) is 0. The van der Waals surface area contributed by atoms with Crippen molar-refractivity contribution in [3.05, 3.63) is 0 Å². The van der Waals surface area contributed by atoms with Gasteiger partial charge < -0.3 is 8.89 Å². The van der Waals surface area contributed by atoms with Gasteiger partial charge in [-0.15, -0.1) is 0 Å². The van der Waals surface area contributed by atoms with Crippen LogP contribution in [0.25, 0.3) is 0 Å². The molecule has 0 aromatic heterocycles. The van der Waals surface area contributed by atoms with E-state index in [9.17, 15) is 0 Å². The van der Waals surface area contributed by atoms with Crippen molar-refractivity contribution in [1.29, 1.82) is 0 Å². The highest BCUT2D eigenvalue weighted by Gasteiger charge is 2.35. The van der Waals surface area contributed by atoms with Gasteiger partial charge >= 0.3 is 0 Å². The maximum Gasteiger partial charge on any atom is 0.277 e. The zero-order chi connectivity index (χ0) is 10.5. The van der Waals surface area contributed by atoms with Crippen molar-refractivity contribution in [2.24, 2.45) is 0 Å². The molecule has 0 aromatic rings. The van der Waals surface area contributed by atoms with E-state index in [-0.39, 0.29) is 0 Å². The average Bonchev–Trinajstić information content (AvgIpc) is 1.96. The molecule has 0 saturated heterocycles. The number of rotatable bonds is 6. The second-order valence-electron chi connectivity index (χ2n) is 5.25. The Morgan fingerprint density at radius 2 is 1.69 bits per heavy atom. The highest BCUT2D eigenvalue weighted by atomic mass is 28.3. The molecule has 0 aromatic carbocycles. The lowest BCUT2D eigenvalue weighted by molar-refractivity contribution is -0.814. The molecule has 2 nitrogen and oxygen atoms in total. The molecular weight excluding hydrogens is 178 g/mol. The fourth-order valence-electron chi connectivity index (χ4n) is 0.733. The highest BCUT2D eigenvalue weighted by molar-refractivity contribution is 6.68. The van der Waals surface area contributed by atoms with Gasteiger partial charge in [-0.05, 0) is 26.1 Å². The van der Waals surface area contributed by atoms with Crippen LogP contribution < -0.4 is 0 Å². The molecule has 0 rings (SSSR count). The third kappa shape index (κ3) is 4.79. The van der Waals surface area contributed by atoms with Crippen molar-refractivity contribution in [2.75, 3.05) is 27.4 Å². The number of quaternary nitrogens is 1. The Balaban J connectivity index is 3.77. The van der Waals surface area contributed by atoms with Crippen LogP contribution in [0.5, 0.6) is 0 Å². The molecule has 0 bridgehead atoms. The Hall–Kier alpha value is 0.137. The third-order valence-electron chi connectivity index (χ3n) is 2.87. The maximum atomic E-state index is 5.67. The van der Waals surface area contributed by atoms with Crippen LogP contribution in [-0.4, -0.2) is 39.8 Å². The van der Waals surface area contributed by atoms with Gasteiger partial charge in [-0.25, -0.2) is 0 Å². The van der Waals surface area contributed by atoms with Crippen LogP contribution in [0.15, 0.2) is 0 Å². The molecule has 0 N–H and O–H groups in total. The fraction of sp³-hybridized carbons (Fsp3) is 1.00. The van der Waals surface area contributed by atoms with Gasteiger partial charge in [-0.3, -0.25) is 0 Å². The summed E-state index contributed by atoms with van der Waals surface area (Å²) < 4.78 is 6.72. The van der Waals surface area contributed by atoms with E-state index in [1.807, 2.05) is 0 Å². The van der Waals surface area contributed by atoms with Gasteiger partial charge in [-0.1, -0.05) is 13.3 Å². The molecular formula is C10H26NOSi+. The molecule has 13 heavy (non-hydrogen) atoms. The lowest BCUT2D eigenvalue weighted by atomic mass is 10.4. The van der Waals surface area contributed by atoms with Gasteiger partial charge in [0.05, 0.1) is 20.7 Å². The standard InChI is InChI=1S/C10H26NOSi/c1-7-8-9-12-10-11(2,3)13(4,5)6/h7-10H2,1-6H3/q+1. The second kappa shape index (κ2) is 5.13. The monoisotopic (exact) mass is 204 g/mol. The molecule has 0 heterocycles. The Bertz CT molecular complexity index is 140. The Kier molecular flexibility index (Phi) is 5.18. The van der Waals surface area contributed by atoms with E-state index in [2.05, 4.69) is 40.7 Å². The minimum atomic E-state index is -1.13. The maximum absolute atomic E-state index is 5.67. The van der Waals surface area contributed by atoms with E-state index >= 15 is 0 Å². The van der Waals surface area contributed by atoms with Gasteiger partial charge in [0.2, 0.25) is 0 Å². The molecule has 0 spiro atoms. The van der Waals surface area contributed by atoms with Crippen molar-refractivity contribution in [2.45, 2.75) is 39.4 Å². The molecule has 0 amide bonds. The van der Waals surface area contributed by atoms with Gasteiger partial charge in [0, 0.05) is 0 Å². The summed E-state index contributed by atoms with van der Waals surface area (Å²) in [6, 6.07) is 0. The van der Waals surface area contributed by atoms with E-state index in [1.54, 1.807) is 0 Å². The van der Waals surface area contributed by atoms with Crippen LogP contribution in [0.3, 0.4) is 0 Å². The van der Waals surface area contributed by atoms with E-state index in [0.717, 1.165) is 17.5 Å². The highest BCUT2D eigenvalue weighted by Crippen LogP contribution is 2.15. The molecule has 0 atom stereocenters. The first-order chi connectivity index (χ1) is 5.81. The Morgan fingerprint density at radius 1 is 1.15 bits per heavy atom. The first-order valence-electron chi connectivity index (χ1n) is 5.22. The van der Waals surface area contributed by atoms with Crippen LogP contribution in [0, 0.1) is 0 Å². The van der Waals surface area contributed by atoms with Gasteiger partial charge in [0.25, 0.3) is 8.24 Å². The molecule has 3 heteroatoms. The largest absolute Gasteiger partial charge is 0.366 e. The SMILES string of the molecule is CCCCOC[N+](C)(C)[Si](C)(C)C. The average molecular weight is 204 g/mol. The van der Waals surface area contributed by atoms with E-state index in [4.69, 9.17) is 4.74 Å². The molecule has 0 saturated carbocycles. The molecule has 0 unspecified atom stereocenters. The normalized spacial score (nSPS) is 13.4. The minimum absolute atomic E-state index is 0.871. The molecule has 0 aliphatic heterocycles. The first-order valence-corrected chi connectivity index (χ1v) is 8.67.